The normalized spacial score (nSPS) is 14.1. The molecule has 0 fully saturated rings. The Kier molecular flexibility index (Phi) is 4.57. The molecule has 1 nitrogen and oxygen atoms in total. The quantitative estimate of drug-likeness (QED) is 0.442. The van der Waals surface area contributed by atoms with Gasteiger partial charge in [-0.05, 0) is 13.3 Å². The maximum atomic E-state index is 5.36. The van der Waals surface area contributed by atoms with E-state index in [-0.39, 0.29) is 0 Å². The van der Waals surface area contributed by atoms with Gasteiger partial charge in [0.25, 0.3) is 0 Å². The first-order valence-electron chi connectivity index (χ1n) is 2.60. The molecule has 0 spiro atoms. The Bertz CT molecular complexity index is 39.1. The molecule has 1 unspecified atom stereocenters. The van der Waals surface area contributed by atoms with Crippen molar-refractivity contribution in [3.63, 3.8) is 0 Å². The first-order chi connectivity index (χ1) is 3.31. The lowest BCUT2D eigenvalue weighted by Crippen LogP contribution is -2.23. The highest BCUT2D eigenvalue weighted by Crippen LogP contribution is 1.86. The van der Waals surface area contributed by atoms with E-state index in [9.17, 15) is 0 Å². The molecule has 0 saturated heterocycles. The number of hydrogen-bond acceptors (Lipinski definition) is 1. The molecule has 1 N–H and O–H groups in total. The summed E-state index contributed by atoms with van der Waals surface area (Å²) >= 11 is 5.36. The Morgan fingerprint density at radius 2 is 2.29 bits per heavy atom. The Hall–Kier alpha value is 0.250. The molecule has 0 amide bonds. The molecule has 0 aromatic carbocycles. The van der Waals surface area contributed by atoms with Crippen LogP contribution in [0.25, 0.3) is 0 Å². The predicted molar refractivity (Wildman–Crippen MR) is 33.6 cm³/mol. The van der Waals surface area contributed by atoms with E-state index in [0.717, 1.165) is 6.42 Å². The molecule has 0 saturated carbocycles. The molecular weight excluding hydrogens is 110 g/mol. The molecule has 0 aliphatic rings. The van der Waals surface area contributed by atoms with Crippen molar-refractivity contribution in [1.82, 2.24) is 5.32 Å². The van der Waals surface area contributed by atoms with E-state index in [2.05, 4.69) is 19.2 Å². The van der Waals surface area contributed by atoms with Crippen molar-refractivity contribution in [1.29, 1.82) is 0 Å². The molecule has 0 rings (SSSR count). The maximum absolute atomic E-state index is 5.36. The molecule has 0 aromatic rings. The van der Waals surface area contributed by atoms with Crippen LogP contribution in [0.5, 0.6) is 0 Å². The third-order valence-electron chi connectivity index (χ3n) is 1.04. The zero-order valence-corrected chi connectivity index (χ0v) is 5.63. The van der Waals surface area contributed by atoms with Gasteiger partial charge >= 0.3 is 0 Å². The maximum Gasteiger partial charge on any atom is 0.0715 e. The highest BCUT2D eigenvalue weighted by atomic mass is 35.5. The Labute approximate surface area is 50.1 Å². The molecule has 2 heteroatoms. The fourth-order valence-electron chi connectivity index (χ4n) is 0.276. The van der Waals surface area contributed by atoms with Gasteiger partial charge in [0.1, 0.15) is 0 Å². The average Bonchev–Trinajstić information content (AvgIpc) is 1.68. The van der Waals surface area contributed by atoms with Crippen LogP contribution in [0.15, 0.2) is 0 Å². The van der Waals surface area contributed by atoms with Crippen molar-refractivity contribution in [3.8, 4) is 0 Å². The molecule has 0 heterocycles. The van der Waals surface area contributed by atoms with Crippen molar-refractivity contribution in [2.45, 2.75) is 26.3 Å². The number of hydrogen-bond donors (Lipinski definition) is 1. The number of halogens is 1. The van der Waals surface area contributed by atoms with E-state index in [1.807, 2.05) is 0 Å². The summed E-state index contributed by atoms with van der Waals surface area (Å²) < 4.78 is 0. The van der Waals surface area contributed by atoms with Gasteiger partial charge in [-0.25, -0.2) is 0 Å². The van der Waals surface area contributed by atoms with E-state index < -0.39 is 0 Å². The van der Waals surface area contributed by atoms with Crippen LogP contribution < -0.4 is 5.32 Å². The van der Waals surface area contributed by atoms with Crippen molar-refractivity contribution in [3.05, 3.63) is 0 Å². The summed E-state index contributed by atoms with van der Waals surface area (Å²) in [5.74, 6) is 0. The van der Waals surface area contributed by atoms with E-state index in [1.165, 1.54) is 0 Å². The summed E-state index contributed by atoms with van der Waals surface area (Å²) in [6, 6.07) is 1.13. The molecular formula is C5H12ClN. The lowest BCUT2D eigenvalue weighted by Gasteiger charge is -2.05. The Morgan fingerprint density at radius 1 is 1.71 bits per heavy atom. The monoisotopic (exact) mass is 121 g/mol. The SMILES string of the molecule is CCC(C)NCCl. The van der Waals surface area contributed by atoms with Crippen molar-refractivity contribution >= 4 is 11.6 Å². The van der Waals surface area contributed by atoms with Gasteiger partial charge in [-0.3, -0.25) is 0 Å². The van der Waals surface area contributed by atoms with Gasteiger partial charge in [0, 0.05) is 6.04 Å². The summed E-state index contributed by atoms with van der Waals surface area (Å²) in [5.41, 5.74) is 0. The first-order valence-corrected chi connectivity index (χ1v) is 3.14. The van der Waals surface area contributed by atoms with Gasteiger partial charge in [-0.2, -0.15) is 0 Å². The molecule has 0 radical (unpaired) electrons. The lowest BCUT2D eigenvalue weighted by atomic mass is 10.3. The molecule has 44 valence electrons. The third kappa shape index (κ3) is 4.10. The minimum absolute atomic E-state index is 0.564. The van der Waals surface area contributed by atoms with Crippen LogP contribution in [0.3, 0.4) is 0 Å². The van der Waals surface area contributed by atoms with Gasteiger partial charge < -0.3 is 5.32 Å². The second-order valence-electron chi connectivity index (χ2n) is 1.65. The summed E-state index contributed by atoms with van der Waals surface area (Å²) in [7, 11) is 0. The van der Waals surface area contributed by atoms with Gasteiger partial charge in [-0.1, -0.05) is 6.92 Å². The van der Waals surface area contributed by atoms with Crippen molar-refractivity contribution in [2.24, 2.45) is 0 Å². The Balaban J connectivity index is 2.83. The molecule has 0 aromatic heterocycles. The number of nitrogens with one attached hydrogen (secondary N) is 1. The smallest absolute Gasteiger partial charge is 0.0715 e. The van der Waals surface area contributed by atoms with Crippen LogP contribution in [0.4, 0.5) is 0 Å². The van der Waals surface area contributed by atoms with E-state index in [0.29, 0.717) is 12.0 Å². The van der Waals surface area contributed by atoms with Crippen LogP contribution in [-0.4, -0.2) is 12.0 Å². The zero-order chi connectivity index (χ0) is 5.70. The average molecular weight is 122 g/mol. The van der Waals surface area contributed by atoms with Gasteiger partial charge in [0.15, 0.2) is 0 Å². The summed E-state index contributed by atoms with van der Waals surface area (Å²) in [5, 5.41) is 3.06. The minimum atomic E-state index is 0.564. The van der Waals surface area contributed by atoms with Crippen molar-refractivity contribution < 1.29 is 0 Å². The fourth-order valence-corrected chi connectivity index (χ4v) is 0.539. The second-order valence-corrected chi connectivity index (χ2v) is 1.91. The van der Waals surface area contributed by atoms with E-state index in [4.69, 9.17) is 11.6 Å². The highest BCUT2D eigenvalue weighted by molar-refractivity contribution is 6.17. The van der Waals surface area contributed by atoms with E-state index in [1.54, 1.807) is 0 Å². The van der Waals surface area contributed by atoms with Crippen LogP contribution in [-0.2, 0) is 0 Å². The minimum Gasteiger partial charge on any atom is -0.301 e. The second kappa shape index (κ2) is 4.41. The molecule has 0 aliphatic heterocycles. The summed E-state index contributed by atoms with van der Waals surface area (Å²) in [4.78, 5) is 0. The molecule has 7 heavy (non-hydrogen) atoms. The third-order valence-corrected chi connectivity index (χ3v) is 1.19. The highest BCUT2D eigenvalue weighted by Gasteiger charge is 1.91. The summed E-state index contributed by atoms with van der Waals surface area (Å²) in [6.45, 7) is 4.24. The molecule has 0 aliphatic carbocycles. The number of rotatable bonds is 3. The van der Waals surface area contributed by atoms with Crippen LogP contribution in [0.1, 0.15) is 20.3 Å². The summed E-state index contributed by atoms with van der Waals surface area (Å²) in [6.07, 6.45) is 1.15. The Morgan fingerprint density at radius 3 is 2.43 bits per heavy atom. The van der Waals surface area contributed by atoms with Crippen LogP contribution in [0.2, 0.25) is 0 Å². The topological polar surface area (TPSA) is 12.0 Å². The van der Waals surface area contributed by atoms with Crippen LogP contribution >= 0.6 is 11.6 Å². The lowest BCUT2D eigenvalue weighted by molar-refractivity contribution is 0.581. The molecule has 0 bridgehead atoms. The first kappa shape index (κ1) is 7.25. The largest absolute Gasteiger partial charge is 0.301 e. The standard InChI is InChI=1S/C5H12ClN/c1-3-5(2)7-4-6/h5,7H,3-4H2,1-2H3. The van der Waals surface area contributed by atoms with E-state index >= 15 is 0 Å². The van der Waals surface area contributed by atoms with Gasteiger partial charge in [0.05, 0.1) is 6.00 Å². The van der Waals surface area contributed by atoms with Gasteiger partial charge in [-0.15, -0.1) is 11.6 Å². The molecule has 1 atom stereocenters. The van der Waals surface area contributed by atoms with Crippen LogP contribution in [0, 0.1) is 0 Å². The fraction of sp³-hybridized carbons (Fsp3) is 1.00. The van der Waals surface area contributed by atoms with Crippen molar-refractivity contribution in [2.75, 3.05) is 6.00 Å². The number of alkyl halides is 1. The predicted octanol–water partition coefficient (Wildman–Crippen LogP) is 1.57. The van der Waals surface area contributed by atoms with Gasteiger partial charge in [0.2, 0.25) is 0 Å². The zero-order valence-electron chi connectivity index (χ0n) is 4.87.